The van der Waals surface area contributed by atoms with Crippen molar-refractivity contribution in [1.29, 1.82) is 5.26 Å². The molecule has 0 bridgehead atoms. The summed E-state index contributed by atoms with van der Waals surface area (Å²) in [6.07, 6.45) is 4.28. The zero-order valence-electron chi connectivity index (χ0n) is 27.0. The predicted octanol–water partition coefficient (Wildman–Crippen LogP) is 6.75. The van der Waals surface area contributed by atoms with Gasteiger partial charge in [-0.2, -0.15) is 5.26 Å². The molecule has 8 nitrogen and oxygen atoms in total. The monoisotopic (exact) mass is 704 g/mol. The fourth-order valence-corrected chi connectivity index (χ4v) is 7.83. The first-order valence-electron chi connectivity index (χ1n) is 15.8. The zero-order valence-corrected chi connectivity index (χ0v) is 29.3. The molecule has 1 aliphatic heterocycles. The quantitative estimate of drug-likeness (QED) is 0.175. The summed E-state index contributed by atoms with van der Waals surface area (Å²) in [6, 6.07) is 24.5. The van der Waals surface area contributed by atoms with Gasteiger partial charge in [-0.25, -0.2) is 0 Å². The number of likely N-dealkylation sites (tertiary alicyclic amines) is 1. The lowest BCUT2D eigenvalue weighted by Gasteiger charge is -2.34. The van der Waals surface area contributed by atoms with E-state index in [4.69, 9.17) is 33.7 Å². The standard InChI is InChI=1S/C37H38Cl2N4O4S/c1-47-36-28(21-40)19-26-7-3-4-9-30(26)35(36)37(45)43(23-34(41)44)22-27(25-11-12-31(38)32(39)20-25)15-18-42-16-13-24(14-17-42)29-8-5-6-10-33(29)48(2)46/h3-12,19-20,24,27H,13-18,22-23H2,1-2H3,(H2,41,44). The van der Waals surface area contributed by atoms with E-state index < -0.39 is 22.6 Å². The zero-order chi connectivity index (χ0) is 34.4. The molecule has 1 saturated heterocycles. The van der Waals surface area contributed by atoms with Crippen molar-refractivity contribution >= 4 is 56.6 Å². The minimum absolute atomic E-state index is 0.151. The van der Waals surface area contributed by atoms with Gasteiger partial charge in [0, 0.05) is 23.6 Å². The summed E-state index contributed by atoms with van der Waals surface area (Å²) in [5.41, 5.74) is 8.17. The van der Waals surface area contributed by atoms with Crippen LogP contribution in [0, 0.1) is 11.3 Å². The van der Waals surface area contributed by atoms with Crippen molar-refractivity contribution in [3.05, 3.63) is 105 Å². The fourth-order valence-electron chi connectivity index (χ4n) is 6.68. The van der Waals surface area contributed by atoms with E-state index in [0.29, 0.717) is 33.2 Å². The Morgan fingerprint density at radius 1 is 1.06 bits per heavy atom. The van der Waals surface area contributed by atoms with Crippen LogP contribution in [0.4, 0.5) is 0 Å². The first kappa shape index (κ1) is 35.4. The number of carbonyl (C=O) groups is 2. The molecule has 1 fully saturated rings. The summed E-state index contributed by atoms with van der Waals surface area (Å²) in [5.74, 6) is -0.855. The number of nitrogens with zero attached hydrogens (tertiary/aromatic N) is 3. The number of carbonyl (C=O) groups excluding carboxylic acids is 2. The molecule has 4 aromatic rings. The second-order valence-electron chi connectivity index (χ2n) is 12.1. The lowest BCUT2D eigenvalue weighted by atomic mass is 9.88. The highest BCUT2D eigenvalue weighted by Crippen LogP contribution is 2.36. The highest BCUT2D eigenvalue weighted by molar-refractivity contribution is 7.84. The number of fused-ring (bicyclic) bond motifs is 1. The second-order valence-corrected chi connectivity index (χ2v) is 14.2. The highest BCUT2D eigenvalue weighted by Gasteiger charge is 2.30. The molecule has 1 heterocycles. The van der Waals surface area contributed by atoms with Gasteiger partial charge in [-0.15, -0.1) is 0 Å². The molecule has 0 radical (unpaired) electrons. The second kappa shape index (κ2) is 16.0. The normalized spacial score (nSPS) is 15.1. The van der Waals surface area contributed by atoms with Crippen LogP contribution in [0.2, 0.25) is 10.0 Å². The molecule has 4 aromatic carbocycles. The Balaban J connectivity index is 1.42. The molecule has 11 heteroatoms. The Hall–Kier alpha value is -3.94. The number of rotatable bonds is 12. The van der Waals surface area contributed by atoms with Crippen LogP contribution in [0.3, 0.4) is 0 Å². The number of hydrogen-bond donors (Lipinski definition) is 1. The fraction of sp³-hybridized carbons (Fsp3) is 0.324. The highest BCUT2D eigenvalue weighted by atomic mass is 35.5. The summed E-state index contributed by atoms with van der Waals surface area (Å²) in [5, 5.41) is 12.0. The van der Waals surface area contributed by atoms with Crippen LogP contribution in [0.1, 0.15) is 58.1 Å². The molecule has 1 aliphatic rings. The molecule has 2 unspecified atom stereocenters. The number of nitriles is 1. The van der Waals surface area contributed by atoms with Crippen LogP contribution in [-0.2, 0) is 15.6 Å². The Bertz CT molecular complexity index is 1890. The van der Waals surface area contributed by atoms with E-state index in [0.717, 1.165) is 48.5 Å². The van der Waals surface area contributed by atoms with E-state index in [-0.39, 0.29) is 35.9 Å². The molecular weight excluding hydrogens is 667 g/mol. The molecule has 2 N–H and O–H groups in total. The number of benzene rings is 4. The van der Waals surface area contributed by atoms with Gasteiger partial charge in [-0.05, 0) is 91.0 Å². The van der Waals surface area contributed by atoms with Crippen LogP contribution in [0.15, 0.2) is 77.7 Å². The maximum absolute atomic E-state index is 14.4. The average molecular weight is 706 g/mol. The maximum Gasteiger partial charge on any atom is 0.258 e. The Morgan fingerprint density at radius 2 is 1.77 bits per heavy atom. The third-order valence-corrected chi connectivity index (χ3v) is 10.8. The summed E-state index contributed by atoms with van der Waals surface area (Å²) in [6.45, 7) is 2.33. The van der Waals surface area contributed by atoms with Gasteiger partial charge in [0.05, 0.1) is 45.6 Å². The van der Waals surface area contributed by atoms with Crippen molar-refractivity contribution < 1.29 is 18.5 Å². The average Bonchev–Trinajstić information content (AvgIpc) is 3.09. The maximum atomic E-state index is 14.4. The van der Waals surface area contributed by atoms with Gasteiger partial charge in [-0.1, -0.05) is 71.7 Å². The molecule has 0 spiro atoms. The first-order valence-corrected chi connectivity index (χ1v) is 18.1. The topological polar surface area (TPSA) is 117 Å². The molecule has 250 valence electrons. The third-order valence-electron chi connectivity index (χ3n) is 9.08. The van der Waals surface area contributed by atoms with Gasteiger partial charge in [0.25, 0.3) is 5.91 Å². The summed E-state index contributed by atoms with van der Waals surface area (Å²) >= 11 is 12.7. The van der Waals surface area contributed by atoms with Crippen LogP contribution < -0.4 is 10.5 Å². The third kappa shape index (κ3) is 8.01. The first-order chi connectivity index (χ1) is 23.1. The lowest BCUT2D eigenvalue weighted by Crippen LogP contribution is -2.42. The summed E-state index contributed by atoms with van der Waals surface area (Å²) < 4.78 is 18.0. The number of halogens is 2. The van der Waals surface area contributed by atoms with Gasteiger partial charge in [0.2, 0.25) is 5.91 Å². The van der Waals surface area contributed by atoms with Gasteiger partial charge in [-0.3, -0.25) is 13.8 Å². The number of piperidine rings is 1. The van der Waals surface area contributed by atoms with Crippen LogP contribution in [-0.4, -0.2) is 71.9 Å². The summed E-state index contributed by atoms with van der Waals surface area (Å²) in [4.78, 5) is 31.6. The largest absolute Gasteiger partial charge is 0.495 e. The SMILES string of the molecule is COc1c(C#N)cc2ccccc2c1C(=O)N(CC(N)=O)CC(CCN1CCC(c2ccccc2S(C)=O)CC1)c1ccc(Cl)c(Cl)c1. The number of methoxy groups -OCH3 is 1. The van der Waals surface area contributed by atoms with Crippen molar-refractivity contribution in [3.63, 3.8) is 0 Å². The van der Waals surface area contributed by atoms with Gasteiger partial charge >= 0.3 is 0 Å². The van der Waals surface area contributed by atoms with E-state index in [9.17, 15) is 19.1 Å². The van der Waals surface area contributed by atoms with E-state index >= 15 is 0 Å². The molecule has 5 rings (SSSR count). The molecule has 2 amide bonds. The summed E-state index contributed by atoms with van der Waals surface area (Å²) in [7, 11) is 0.370. The van der Waals surface area contributed by atoms with E-state index in [1.807, 2.05) is 48.5 Å². The van der Waals surface area contributed by atoms with Crippen molar-refractivity contribution in [2.75, 3.05) is 46.1 Å². The number of hydrogen-bond acceptors (Lipinski definition) is 6. The van der Waals surface area contributed by atoms with Gasteiger partial charge in [0.1, 0.15) is 11.8 Å². The molecule has 2 atom stereocenters. The van der Waals surface area contributed by atoms with E-state index in [2.05, 4.69) is 17.0 Å². The molecule has 48 heavy (non-hydrogen) atoms. The molecule has 0 aromatic heterocycles. The molecule has 0 saturated carbocycles. The lowest BCUT2D eigenvalue weighted by molar-refractivity contribution is -0.118. The number of primary amides is 1. The van der Waals surface area contributed by atoms with Crippen molar-refractivity contribution in [1.82, 2.24) is 9.80 Å². The Labute approximate surface area is 293 Å². The Morgan fingerprint density at radius 3 is 2.44 bits per heavy atom. The minimum atomic E-state index is -1.05. The Kier molecular flexibility index (Phi) is 11.8. The van der Waals surface area contributed by atoms with Gasteiger partial charge in [0.15, 0.2) is 0 Å². The smallest absolute Gasteiger partial charge is 0.258 e. The predicted molar refractivity (Wildman–Crippen MR) is 191 cm³/mol. The number of ether oxygens (including phenoxy) is 1. The molecular formula is C37H38Cl2N4O4S. The van der Waals surface area contributed by atoms with E-state index in [1.54, 1.807) is 24.5 Å². The minimum Gasteiger partial charge on any atom is -0.495 e. The van der Waals surface area contributed by atoms with Crippen LogP contribution in [0.5, 0.6) is 5.75 Å². The number of amides is 2. The van der Waals surface area contributed by atoms with Crippen LogP contribution in [0.25, 0.3) is 10.8 Å². The van der Waals surface area contributed by atoms with Crippen molar-refractivity contribution in [2.24, 2.45) is 5.73 Å². The molecule has 0 aliphatic carbocycles. The number of nitrogens with two attached hydrogens (primary N) is 1. The van der Waals surface area contributed by atoms with Crippen molar-refractivity contribution in [2.45, 2.75) is 36.0 Å². The van der Waals surface area contributed by atoms with Gasteiger partial charge < -0.3 is 20.3 Å². The van der Waals surface area contributed by atoms with E-state index in [1.165, 1.54) is 12.0 Å². The van der Waals surface area contributed by atoms with Crippen LogP contribution >= 0.6 is 23.2 Å². The van der Waals surface area contributed by atoms with Crippen molar-refractivity contribution in [3.8, 4) is 11.8 Å².